The Labute approximate surface area is 104 Å². The number of aromatic nitrogens is 3. The van der Waals surface area contributed by atoms with E-state index in [2.05, 4.69) is 15.1 Å². The second-order valence-corrected chi connectivity index (χ2v) is 3.96. The fourth-order valence-electron chi connectivity index (χ4n) is 1.82. The van der Waals surface area contributed by atoms with Crippen LogP contribution in [0.25, 0.3) is 11.5 Å². The molecule has 2 aromatic heterocycles. The third kappa shape index (κ3) is 2.00. The molecule has 2 aromatic rings. The number of pyridine rings is 1. The van der Waals surface area contributed by atoms with E-state index in [1.807, 2.05) is 4.90 Å². The van der Waals surface area contributed by atoms with Gasteiger partial charge in [0.1, 0.15) is 0 Å². The Kier molecular flexibility index (Phi) is 2.81. The van der Waals surface area contributed by atoms with Crippen LogP contribution in [-0.4, -0.2) is 41.4 Å². The predicted octanol–water partition coefficient (Wildman–Crippen LogP) is 0.550. The monoisotopic (exact) mass is 247 g/mol. The normalized spacial score (nSPS) is 15.9. The number of ether oxygens (including phenoxy) is 1. The van der Waals surface area contributed by atoms with Crippen LogP contribution in [0.15, 0.2) is 23.0 Å². The van der Waals surface area contributed by atoms with Crippen LogP contribution in [0.3, 0.4) is 0 Å². The van der Waals surface area contributed by atoms with Crippen molar-refractivity contribution in [1.82, 2.24) is 15.1 Å². The molecule has 1 saturated heterocycles. The molecule has 0 amide bonds. The van der Waals surface area contributed by atoms with Gasteiger partial charge in [-0.1, -0.05) is 0 Å². The summed E-state index contributed by atoms with van der Waals surface area (Å²) in [5.41, 5.74) is 7.04. The number of hydrogen-bond donors (Lipinski definition) is 1. The highest BCUT2D eigenvalue weighted by Crippen LogP contribution is 2.24. The number of nitrogens with zero attached hydrogens (tertiary/aromatic N) is 4. The molecular weight excluding hydrogens is 234 g/mol. The van der Waals surface area contributed by atoms with Crippen LogP contribution in [0.4, 0.5) is 11.6 Å². The van der Waals surface area contributed by atoms with Crippen molar-refractivity contribution >= 4 is 11.6 Å². The predicted molar refractivity (Wildman–Crippen MR) is 65.0 cm³/mol. The van der Waals surface area contributed by atoms with Gasteiger partial charge in [-0.15, -0.1) is 0 Å². The number of hydrogen-bond acceptors (Lipinski definition) is 7. The summed E-state index contributed by atoms with van der Waals surface area (Å²) in [6, 6.07) is 1.76. The molecular formula is C11H13N5O2. The maximum absolute atomic E-state index is 5.82. The average Bonchev–Trinajstić information content (AvgIpc) is 2.90. The SMILES string of the molecule is Nc1cnccc1-c1nc(N2CCOCC2)no1. The lowest BCUT2D eigenvalue weighted by Gasteiger charge is -2.24. The van der Waals surface area contributed by atoms with E-state index in [0.29, 0.717) is 36.3 Å². The molecule has 3 rings (SSSR count). The topological polar surface area (TPSA) is 90.3 Å². The molecule has 0 radical (unpaired) electrons. The van der Waals surface area contributed by atoms with Crippen molar-refractivity contribution in [2.75, 3.05) is 36.9 Å². The Hall–Kier alpha value is -2.15. The van der Waals surface area contributed by atoms with Gasteiger partial charge in [-0.3, -0.25) is 4.98 Å². The van der Waals surface area contributed by atoms with Crippen molar-refractivity contribution in [2.45, 2.75) is 0 Å². The van der Waals surface area contributed by atoms with E-state index in [4.69, 9.17) is 15.0 Å². The van der Waals surface area contributed by atoms with Crippen LogP contribution in [0.5, 0.6) is 0 Å². The van der Waals surface area contributed by atoms with Gasteiger partial charge in [-0.05, 0) is 11.2 Å². The van der Waals surface area contributed by atoms with Crippen molar-refractivity contribution in [3.63, 3.8) is 0 Å². The van der Waals surface area contributed by atoms with E-state index in [-0.39, 0.29) is 0 Å². The Morgan fingerprint density at radius 3 is 2.89 bits per heavy atom. The summed E-state index contributed by atoms with van der Waals surface area (Å²) in [4.78, 5) is 10.3. The second-order valence-electron chi connectivity index (χ2n) is 3.96. The minimum atomic E-state index is 0.413. The third-order valence-electron chi connectivity index (χ3n) is 2.79. The summed E-state index contributed by atoms with van der Waals surface area (Å²) in [6.07, 6.45) is 3.21. The number of rotatable bonds is 2. The summed E-state index contributed by atoms with van der Waals surface area (Å²) >= 11 is 0. The minimum absolute atomic E-state index is 0.413. The van der Waals surface area contributed by atoms with Gasteiger partial charge in [0.15, 0.2) is 0 Å². The van der Waals surface area contributed by atoms with Gasteiger partial charge in [-0.25, -0.2) is 0 Å². The lowest BCUT2D eigenvalue weighted by Crippen LogP contribution is -2.36. The number of nitrogens with two attached hydrogens (primary N) is 1. The Morgan fingerprint density at radius 2 is 2.11 bits per heavy atom. The number of nitrogen functional groups attached to an aromatic ring is 1. The van der Waals surface area contributed by atoms with Gasteiger partial charge in [0, 0.05) is 19.3 Å². The second kappa shape index (κ2) is 4.61. The molecule has 7 nitrogen and oxygen atoms in total. The largest absolute Gasteiger partial charge is 0.397 e. The molecule has 7 heteroatoms. The van der Waals surface area contributed by atoms with Crippen molar-refractivity contribution in [3.05, 3.63) is 18.5 Å². The van der Waals surface area contributed by atoms with E-state index in [0.717, 1.165) is 13.1 Å². The van der Waals surface area contributed by atoms with Gasteiger partial charge >= 0.3 is 0 Å². The molecule has 2 N–H and O–H groups in total. The van der Waals surface area contributed by atoms with E-state index >= 15 is 0 Å². The first kappa shape index (κ1) is 11.0. The Bertz CT molecular complexity index is 536. The minimum Gasteiger partial charge on any atom is -0.397 e. The van der Waals surface area contributed by atoms with Gasteiger partial charge in [0.25, 0.3) is 11.8 Å². The van der Waals surface area contributed by atoms with Crippen molar-refractivity contribution in [3.8, 4) is 11.5 Å². The van der Waals surface area contributed by atoms with Crippen molar-refractivity contribution in [1.29, 1.82) is 0 Å². The molecule has 0 unspecified atom stereocenters. The van der Waals surface area contributed by atoms with Crippen LogP contribution in [0, 0.1) is 0 Å². The molecule has 0 aliphatic carbocycles. The van der Waals surface area contributed by atoms with Crippen LogP contribution < -0.4 is 10.6 Å². The summed E-state index contributed by atoms with van der Waals surface area (Å²) in [7, 11) is 0. The standard InChI is InChI=1S/C11H13N5O2/c12-9-7-13-2-1-8(9)10-14-11(15-18-10)16-3-5-17-6-4-16/h1-2,7H,3-6,12H2. The third-order valence-corrected chi connectivity index (χ3v) is 2.79. The molecule has 0 bridgehead atoms. The summed E-state index contributed by atoms with van der Waals surface area (Å²) in [6.45, 7) is 2.90. The summed E-state index contributed by atoms with van der Waals surface area (Å²) < 4.78 is 10.5. The highest BCUT2D eigenvalue weighted by atomic mass is 16.5. The first-order valence-electron chi connectivity index (χ1n) is 5.71. The fraction of sp³-hybridized carbons (Fsp3) is 0.364. The molecule has 0 aromatic carbocycles. The zero-order valence-electron chi connectivity index (χ0n) is 9.74. The van der Waals surface area contributed by atoms with Gasteiger partial charge in [0.05, 0.1) is 30.7 Å². The van der Waals surface area contributed by atoms with Crippen LogP contribution >= 0.6 is 0 Å². The molecule has 94 valence electrons. The summed E-state index contributed by atoms with van der Waals surface area (Å²) in [5.74, 6) is 0.987. The highest BCUT2D eigenvalue weighted by molar-refractivity contribution is 5.69. The molecule has 3 heterocycles. The van der Waals surface area contributed by atoms with Crippen LogP contribution in [0.2, 0.25) is 0 Å². The molecule has 1 fully saturated rings. The molecule has 0 saturated carbocycles. The Balaban J connectivity index is 1.87. The molecule has 18 heavy (non-hydrogen) atoms. The van der Waals surface area contributed by atoms with Crippen LogP contribution in [-0.2, 0) is 4.74 Å². The average molecular weight is 247 g/mol. The van der Waals surface area contributed by atoms with E-state index in [9.17, 15) is 0 Å². The van der Waals surface area contributed by atoms with E-state index < -0.39 is 0 Å². The van der Waals surface area contributed by atoms with Gasteiger partial charge in [-0.2, -0.15) is 4.98 Å². The quantitative estimate of drug-likeness (QED) is 0.828. The van der Waals surface area contributed by atoms with E-state index in [1.54, 1.807) is 18.5 Å². The van der Waals surface area contributed by atoms with Crippen molar-refractivity contribution in [2.24, 2.45) is 0 Å². The van der Waals surface area contributed by atoms with Crippen LogP contribution in [0.1, 0.15) is 0 Å². The molecule has 1 aliphatic rings. The molecule has 1 aliphatic heterocycles. The molecule has 0 spiro atoms. The summed E-state index contributed by atoms with van der Waals surface area (Å²) in [5, 5.41) is 3.97. The highest BCUT2D eigenvalue weighted by Gasteiger charge is 2.18. The Morgan fingerprint density at radius 1 is 1.28 bits per heavy atom. The zero-order valence-corrected chi connectivity index (χ0v) is 9.74. The first-order valence-corrected chi connectivity index (χ1v) is 5.71. The number of anilines is 2. The van der Waals surface area contributed by atoms with Crippen molar-refractivity contribution < 1.29 is 9.26 Å². The van der Waals surface area contributed by atoms with E-state index in [1.165, 1.54) is 0 Å². The zero-order chi connectivity index (χ0) is 12.4. The maximum Gasteiger partial charge on any atom is 0.266 e. The lowest BCUT2D eigenvalue weighted by atomic mass is 10.2. The number of morpholine rings is 1. The maximum atomic E-state index is 5.82. The first-order chi connectivity index (χ1) is 8.84. The van der Waals surface area contributed by atoms with Gasteiger partial charge in [0.2, 0.25) is 0 Å². The lowest BCUT2D eigenvalue weighted by molar-refractivity contribution is 0.121. The van der Waals surface area contributed by atoms with Gasteiger partial charge < -0.3 is 19.9 Å². The fourth-order valence-corrected chi connectivity index (χ4v) is 1.82. The molecule has 0 atom stereocenters. The smallest absolute Gasteiger partial charge is 0.266 e.